The largest absolute Gasteiger partial charge is 0.487 e. The van der Waals surface area contributed by atoms with Gasteiger partial charge in [-0.2, -0.15) is 0 Å². The topological polar surface area (TPSA) is 57.7 Å². The second kappa shape index (κ2) is 9.02. The van der Waals surface area contributed by atoms with Gasteiger partial charge in [-0.1, -0.05) is 12.1 Å². The number of hydrogen-bond donors (Lipinski definition) is 1. The summed E-state index contributed by atoms with van der Waals surface area (Å²) < 4.78 is 33.5. The maximum atomic E-state index is 14.3. The van der Waals surface area contributed by atoms with Gasteiger partial charge >= 0.3 is 6.03 Å². The molecule has 2 aliphatic rings. The molecule has 0 bridgehead atoms. The van der Waals surface area contributed by atoms with Crippen LogP contribution in [-0.4, -0.2) is 52.6 Å². The number of pyridine rings is 1. The van der Waals surface area contributed by atoms with Crippen molar-refractivity contribution in [2.24, 2.45) is 0 Å². The van der Waals surface area contributed by atoms with Crippen molar-refractivity contribution in [3.63, 3.8) is 0 Å². The molecule has 0 spiro atoms. The maximum absolute atomic E-state index is 14.3. The molecular weight excluding hydrogens is 414 g/mol. The van der Waals surface area contributed by atoms with Gasteiger partial charge in [0.05, 0.1) is 18.4 Å². The number of amides is 2. The molecule has 0 atom stereocenters. The van der Waals surface area contributed by atoms with Crippen LogP contribution in [0.4, 0.5) is 13.6 Å². The number of ether oxygens (including phenoxy) is 1. The molecule has 2 aromatic rings. The van der Waals surface area contributed by atoms with Gasteiger partial charge in [0, 0.05) is 25.1 Å². The number of halogens is 2. The van der Waals surface area contributed by atoms with E-state index < -0.39 is 11.6 Å². The van der Waals surface area contributed by atoms with Gasteiger partial charge in [0.25, 0.3) is 0 Å². The van der Waals surface area contributed by atoms with Crippen molar-refractivity contribution in [1.29, 1.82) is 0 Å². The highest BCUT2D eigenvalue weighted by atomic mass is 19.1. The Morgan fingerprint density at radius 1 is 1.28 bits per heavy atom. The Kier molecular flexibility index (Phi) is 6.33. The summed E-state index contributed by atoms with van der Waals surface area (Å²) in [5.41, 5.74) is 1.96. The van der Waals surface area contributed by atoms with E-state index in [4.69, 9.17) is 4.74 Å². The first-order valence-corrected chi connectivity index (χ1v) is 11.0. The molecule has 1 saturated heterocycles. The highest BCUT2D eigenvalue weighted by molar-refractivity contribution is 5.74. The normalized spacial score (nSPS) is 18.2. The lowest BCUT2D eigenvalue weighted by atomic mass is 10.0. The average molecular weight is 445 g/mol. The molecule has 1 fully saturated rings. The zero-order chi connectivity index (χ0) is 22.9. The third kappa shape index (κ3) is 5.18. The van der Waals surface area contributed by atoms with Crippen molar-refractivity contribution < 1.29 is 18.3 Å². The monoisotopic (exact) mass is 444 g/mol. The van der Waals surface area contributed by atoms with Crippen LogP contribution in [0.2, 0.25) is 0 Å². The molecule has 0 saturated carbocycles. The minimum atomic E-state index is -0.739. The Morgan fingerprint density at radius 2 is 2.03 bits per heavy atom. The van der Waals surface area contributed by atoms with E-state index in [2.05, 4.69) is 35.1 Å². The number of fused-ring (bicyclic) bond motifs is 1. The van der Waals surface area contributed by atoms with Crippen molar-refractivity contribution in [1.82, 2.24) is 20.1 Å². The first-order chi connectivity index (χ1) is 15.2. The van der Waals surface area contributed by atoms with Gasteiger partial charge in [0.15, 0.2) is 0 Å². The summed E-state index contributed by atoms with van der Waals surface area (Å²) in [6, 6.07) is 6.45. The lowest BCUT2D eigenvalue weighted by Gasteiger charge is -2.37. The van der Waals surface area contributed by atoms with Crippen LogP contribution in [0.1, 0.15) is 43.5 Å². The fraction of sp³-hybridized carbons (Fsp3) is 0.500. The molecule has 6 nitrogen and oxygen atoms in total. The first kappa shape index (κ1) is 22.5. The Balaban J connectivity index is 1.46. The van der Waals surface area contributed by atoms with Crippen LogP contribution in [0.15, 0.2) is 30.5 Å². The predicted octanol–water partition coefficient (Wildman–Crippen LogP) is 3.88. The Bertz CT molecular complexity index is 990. The number of urea groups is 1. The SMILES string of the molecule is CN1CCC(N(Cc2ncc(F)cc2F)C(=O)NCc2ccc3c(c2)CC(C)(C)O3)CC1. The van der Waals surface area contributed by atoms with E-state index in [1.165, 1.54) is 0 Å². The summed E-state index contributed by atoms with van der Waals surface area (Å²) in [7, 11) is 2.04. The number of nitrogens with one attached hydrogen (secondary N) is 1. The molecule has 1 aromatic carbocycles. The molecule has 1 N–H and O–H groups in total. The van der Waals surface area contributed by atoms with E-state index >= 15 is 0 Å². The fourth-order valence-corrected chi connectivity index (χ4v) is 4.45. The molecular formula is C24H30F2N4O2. The number of aromatic nitrogens is 1. The molecule has 32 heavy (non-hydrogen) atoms. The number of benzene rings is 1. The third-order valence-electron chi connectivity index (χ3n) is 6.16. The summed E-state index contributed by atoms with van der Waals surface area (Å²) in [5.74, 6) is -0.585. The molecule has 172 valence electrons. The summed E-state index contributed by atoms with van der Waals surface area (Å²) in [6.07, 6.45) is 3.38. The molecule has 3 heterocycles. The zero-order valence-corrected chi connectivity index (χ0v) is 18.8. The number of rotatable bonds is 5. The van der Waals surface area contributed by atoms with Crippen LogP contribution in [0.3, 0.4) is 0 Å². The van der Waals surface area contributed by atoms with E-state index in [9.17, 15) is 13.6 Å². The molecule has 4 rings (SSSR count). The quantitative estimate of drug-likeness (QED) is 0.761. The van der Waals surface area contributed by atoms with Crippen molar-refractivity contribution in [3.8, 4) is 5.75 Å². The van der Waals surface area contributed by atoms with Crippen LogP contribution in [-0.2, 0) is 19.5 Å². The first-order valence-electron chi connectivity index (χ1n) is 11.0. The van der Waals surface area contributed by atoms with E-state index in [-0.39, 0.29) is 29.9 Å². The Morgan fingerprint density at radius 3 is 2.75 bits per heavy atom. The highest BCUT2D eigenvalue weighted by Gasteiger charge is 2.31. The number of carbonyl (C=O) groups excluding carboxylic acids is 1. The summed E-state index contributed by atoms with van der Waals surface area (Å²) in [6.45, 7) is 6.17. The minimum Gasteiger partial charge on any atom is -0.487 e. The summed E-state index contributed by atoms with van der Waals surface area (Å²) >= 11 is 0. The molecule has 0 aliphatic carbocycles. The Labute approximate surface area is 187 Å². The van der Waals surface area contributed by atoms with Crippen molar-refractivity contribution in [2.75, 3.05) is 20.1 Å². The number of hydrogen-bond acceptors (Lipinski definition) is 4. The van der Waals surface area contributed by atoms with Crippen LogP contribution in [0, 0.1) is 11.6 Å². The second-order valence-corrected chi connectivity index (χ2v) is 9.38. The van der Waals surface area contributed by atoms with Crippen molar-refractivity contribution in [2.45, 2.75) is 57.8 Å². The molecule has 1 aromatic heterocycles. The highest BCUT2D eigenvalue weighted by Crippen LogP contribution is 2.35. The van der Waals surface area contributed by atoms with Crippen LogP contribution >= 0.6 is 0 Å². The molecule has 0 unspecified atom stereocenters. The van der Waals surface area contributed by atoms with E-state index in [1.54, 1.807) is 4.90 Å². The molecule has 0 radical (unpaired) electrons. The van der Waals surface area contributed by atoms with E-state index in [0.29, 0.717) is 6.54 Å². The van der Waals surface area contributed by atoms with E-state index in [0.717, 1.165) is 61.5 Å². The van der Waals surface area contributed by atoms with Gasteiger partial charge in [0.1, 0.15) is 23.0 Å². The second-order valence-electron chi connectivity index (χ2n) is 9.38. The average Bonchev–Trinajstić information content (AvgIpc) is 3.05. The van der Waals surface area contributed by atoms with Gasteiger partial charge in [-0.05, 0) is 64.0 Å². The van der Waals surface area contributed by atoms with Gasteiger partial charge in [-0.3, -0.25) is 4.98 Å². The van der Waals surface area contributed by atoms with Gasteiger partial charge < -0.3 is 19.9 Å². The van der Waals surface area contributed by atoms with Crippen molar-refractivity contribution >= 4 is 6.03 Å². The summed E-state index contributed by atoms with van der Waals surface area (Å²) in [4.78, 5) is 20.9. The standard InChI is InChI=1S/C24H30F2N4O2/c1-24(2)12-17-10-16(4-5-22(17)32-24)13-28-23(31)30(19-6-8-29(3)9-7-19)15-21-20(26)11-18(25)14-27-21/h4-5,10-11,14,19H,6-9,12-13,15H2,1-3H3,(H,28,31). The van der Waals surface area contributed by atoms with Gasteiger partial charge in [-0.25, -0.2) is 13.6 Å². The number of likely N-dealkylation sites (tertiary alicyclic amines) is 1. The lowest BCUT2D eigenvalue weighted by molar-refractivity contribution is 0.125. The molecule has 2 aliphatic heterocycles. The van der Waals surface area contributed by atoms with Gasteiger partial charge in [0.2, 0.25) is 0 Å². The summed E-state index contributed by atoms with van der Waals surface area (Å²) in [5, 5.41) is 2.98. The predicted molar refractivity (Wildman–Crippen MR) is 117 cm³/mol. The van der Waals surface area contributed by atoms with Gasteiger partial charge in [-0.15, -0.1) is 0 Å². The number of nitrogens with zero attached hydrogens (tertiary/aromatic N) is 3. The molecule has 2 amide bonds. The number of carbonyl (C=O) groups is 1. The maximum Gasteiger partial charge on any atom is 0.318 e. The third-order valence-corrected chi connectivity index (χ3v) is 6.16. The van der Waals surface area contributed by atoms with Crippen molar-refractivity contribution in [3.05, 3.63) is 58.9 Å². The van der Waals surface area contributed by atoms with E-state index in [1.807, 2.05) is 19.2 Å². The molecule has 8 heteroatoms. The van der Waals surface area contributed by atoms with Crippen LogP contribution in [0.25, 0.3) is 0 Å². The smallest absolute Gasteiger partial charge is 0.318 e. The van der Waals surface area contributed by atoms with Crippen LogP contribution in [0.5, 0.6) is 5.75 Å². The zero-order valence-electron chi connectivity index (χ0n) is 18.8. The number of piperidine rings is 1. The Hall–Kier alpha value is -2.74. The minimum absolute atomic E-state index is 0.00144. The van der Waals surface area contributed by atoms with Crippen LogP contribution < -0.4 is 10.1 Å². The fourth-order valence-electron chi connectivity index (χ4n) is 4.45. The lowest BCUT2D eigenvalue weighted by Crippen LogP contribution is -2.49.